The fraction of sp³-hybridized carbons (Fsp3) is 0.308. The molecule has 0 aliphatic rings. The fourth-order valence-electron chi connectivity index (χ4n) is 1.58. The number of rotatable bonds is 6. The average molecular weight is 243 g/mol. The van der Waals surface area contributed by atoms with E-state index in [-0.39, 0.29) is 0 Å². The van der Waals surface area contributed by atoms with Gasteiger partial charge >= 0.3 is 0 Å². The molecule has 2 heterocycles. The van der Waals surface area contributed by atoms with Gasteiger partial charge in [0.05, 0.1) is 12.4 Å². The first-order chi connectivity index (χ1) is 8.88. The summed E-state index contributed by atoms with van der Waals surface area (Å²) in [5.74, 6) is 1.57. The van der Waals surface area contributed by atoms with Crippen LogP contribution in [-0.4, -0.2) is 28.0 Å². The summed E-state index contributed by atoms with van der Waals surface area (Å²) in [5.41, 5.74) is 1.07. The van der Waals surface area contributed by atoms with Crippen molar-refractivity contribution >= 4 is 11.6 Å². The van der Waals surface area contributed by atoms with Crippen LogP contribution in [0.5, 0.6) is 0 Å². The van der Waals surface area contributed by atoms with Crippen molar-refractivity contribution in [1.82, 2.24) is 15.0 Å². The third kappa shape index (κ3) is 3.69. The molecule has 0 amide bonds. The van der Waals surface area contributed by atoms with Gasteiger partial charge < -0.3 is 10.6 Å². The van der Waals surface area contributed by atoms with Gasteiger partial charge in [0.25, 0.3) is 0 Å². The molecule has 0 saturated carbocycles. The first-order valence-electron chi connectivity index (χ1n) is 6.08. The van der Waals surface area contributed by atoms with Crippen molar-refractivity contribution in [2.75, 3.05) is 23.7 Å². The maximum Gasteiger partial charge on any atom is 0.146 e. The van der Waals surface area contributed by atoms with Crippen LogP contribution in [0, 0.1) is 0 Å². The highest BCUT2D eigenvalue weighted by molar-refractivity contribution is 5.41. The van der Waals surface area contributed by atoms with Crippen molar-refractivity contribution in [3.8, 4) is 0 Å². The monoisotopic (exact) mass is 243 g/mol. The lowest BCUT2D eigenvalue weighted by Gasteiger charge is -2.07. The van der Waals surface area contributed by atoms with Crippen molar-refractivity contribution in [1.29, 1.82) is 0 Å². The van der Waals surface area contributed by atoms with Gasteiger partial charge in [-0.2, -0.15) is 0 Å². The van der Waals surface area contributed by atoms with Crippen molar-refractivity contribution < 1.29 is 0 Å². The van der Waals surface area contributed by atoms with E-state index in [9.17, 15) is 0 Å². The molecule has 0 aliphatic heterocycles. The van der Waals surface area contributed by atoms with Gasteiger partial charge in [-0.1, -0.05) is 6.07 Å². The molecule has 18 heavy (non-hydrogen) atoms. The second-order valence-electron chi connectivity index (χ2n) is 3.82. The second kappa shape index (κ2) is 6.54. The minimum Gasteiger partial charge on any atom is -0.369 e. The zero-order chi connectivity index (χ0) is 12.6. The number of nitrogens with one attached hydrogen (secondary N) is 2. The smallest absolute Gasteiger partial charge is 0.146 e. The van der Waals surface area contributed by atoms with Gasteiger partial charge in [-0.05, 0) is 19.1 Å². The Morgan fingerprint density at radius 2 is 1.94 bits per heavy atom. The topological polar surface area (TPSA) is 62.7 Å². The lowest BCUT2D eigenvalue weighted by atomic mass is 10.3. The molecule has 0 bridgehead atoms. The Hall–Kier alpha value is -2.17. The van der Waals surface area contributed by atoms with Gasteiger partial charge in [0, 0.05) is 31.4 Å². The number of pyridine rings is 1. The molecular weight excluding hydrogens is 226 g/mol. The summed E-state index contributed by atoms with van der Waals surface area (Å²) in [6.07, 6.45) is 6.11. The van der Waals surface area contributed by atoms with Crippen LogP contribution in [0.15, 0.2) is 36.8 Å². The van der Waals surface area contributed by atoms with Crippen LogP contribution in [0.3, 0.4) is 0 Å². The van der Waals surface area contributed by atoms with Crippen LogP contribution < -0.4 is 10.6 Å². The van der Waals surface area contributed by atoms with Crippen LogP contribution in [0.25, 0.3) is 0 Å². The summed E-state index contributed by atoms with van der Waals surface area (Å²) in [7, 11) is 0. The predicted octanol–water partition coefficient (Wildman–Crippen LogP) is 1.96. The van der Waals surface area contributed by atoms with Crippen LogP contribution in [0.4, 0.5) is 11.6 Å². The van der Waals surface area contributed by atoms with Crippen LogP contribution in [-0.2, 0) is 6.42 Å². The lowest BCUT2D eigenvalue weighted by molar-refractivity contribution is 0.950. The molecule has 5 nitrogen and oxygen atoms in total. The van der Waals surface area contributed by atoms with Crippen molar-refractivity contribution in [3.63, 3.8) is 0 Å². The van der Waals surface area contributed by atoms with E-state index in [1.807, 2.05) is 25.1 Å². The van der Waals surface area contributed by atoms with Gasteiger partial charge in [0.15, 0.2) is 0 Å². The number of nitrogens with zero attached hydrogens (tertiary/aromatic N) is 3. The zero-order valence-electron chi connectivity index (χ0n) is 10.4. The van der Waals surface area contributed by atoms with E-state index in [4.69, 9.17) is 0 Å². The molecule has 2 aromatic rings. The van der Waals surface area contributed by atoms with Crippen LogP contribution in [0.1, 0.15) is 12.6 Å². The average Bonchev–Trinajstić information content (AvgIpc) is 2.41. The molecule has 2 N–H and O–H groups in total. The normalized spacial score (nSPS) is 10.1. The lowest BCUT2D eigenvalue weighted by Crippen LogP contribution is -2.09. The standard InChI is InChI=1S/C13H17N5/c1-2-15-12-9-14-10-13(18-12)17-8-6-11-5-3-4-7-16-11/h3-5,7,9-10H,2,6,8H2,1H3,(H2,15,17,18). The molecule has 0 fully saturated rings. The Balaban J connectivity index is 1.84. The number of aromatic nitrogens is 3. The Labute approximate surface area is 107 Å². The van der Waals surface area contributed by atoms with Gasteiger partial charge in [0.1, 0.15) is 11.6 Å². The molecule has 0 unspecified atom stereocenters. The Bertz CT molecular complexity index is 472. The van der Waals surface area contributed by atoms with E-state index in [1.165, 1.54) is 0 Å². The zero-order valence-corrected chi connectivity index (χ0v) is 10.4. The van der Waals surface area contributed by atoms with E-state index in [0.29, 0.717) is 0 Å². The summed E-state index contributed by atoms with van der Waals surface area (Å²) in [6.45, 7) is 3.66. The first-order valence-corrected chi connectivity index (χ1v) is 6.08. The molecule has 0 saturated heterocycles. The number of hydrogen-bond acceptors (Lipinski definition) is 5. The molecule has 0 atom stereocenters. The van der Waals surface area contributed by atoms with Gasteiger partial charge in [-0.3, -0.25) is 9.97 Å². The van der Waals surface area contributed by atoms with Gasteiger partial charge in [-0.15, -0.1) is 0 Å². The highest BCUT2D eigenvalue weighted by Gasteiger charge is 1.98. The molecule has 2 rings (SSSR count). The summed E-state index contributed by atoms with van der Waals surface area (Å²) >= 11 is 0. The van der Waals surface area contributed by atoms with Crippen molar-refractivity contribution in [3.05, 3.63) is 42.5 Å². The van der Waals surface area contributed by atoms with Crippen LogP contribution >= 0.6 is 0 Å². The molecule has 0 aliphatic carbocycles. The molecule has 5 heteroatoms. The van der Waals surface area contributed by atoms with Crippen LogP contribution in [0.2, 0.25) is 0 Å². The van der Waals surface area contributed by atoms with Crippen molar-refractivity contribution in [2.45, 2.75) is 13.3 Å². The highest BCUT2D eigenvalue weighted by atomic mass is 15.1. The SMILES string of the molecule is CCNc1cncc(NCCc2ccccn2)n1. The van der Waals surface area contributed by atoms with Gasteiger partial charge in [-0.25, -0.2) is 4.98 Å². The Morgan fingerprint density at radius 1 is 1.11 bits per heavy atom. The van der Waals surface area contributed by atoms with E-state index >= 15 is 0 Å². The minimum absolute atomic E-state index is 0.782. The molecule has 0 aromatic carbocycles. The second-order valence-corrected chi connectivity index (χ2v) is 3.82. The van der Waals surface area contributed by atoms with E-state index in [1.54, 1.807) is 18.6 Å². The van der Waals surface area contributed by atoms with Crippen molar-refractivity contribution in [2.24, 2.45) is 0 Å². The minimum atomic E-state index is 0.782. The summed E-state index contributed by atoms with van der Waals surface area (Å²) < 4.78 is 0. The molecular formula is C13H17N5. The quantitative estimate of drug-likeness (QED) is 0.812. The van der Waals surface area contributed by atoms with E-state index < -0.39 is 0 Å². The Kier molecular flexibility index (Phi) is 4.46. The predicted molar refractivity (Wildman–Crippen MR) is 72.6 cm³/mol. The summed E-state index contributed by atoms with van der Waals surface area (Å²) in [5, 5.41) is 6.37. The summed E-state index contributed by atoms with van der Waals surface area (Å²) in [4.78, 5) is 12.8. The fourth-order valence-corrected chi connectivity index (χ4v) is 1.58. The highest BCUT2D eigenvalue weighted by Crippen LogP contribution is 2.06. The molecule has 2 aromatic heterocycles. The van der Waals surface area contributed by atoms with E-state index in [0.717, 1.165) is 36.8 Å². The third-order valence-electron chi connectivity index (χ3n) is 2.41. The largest absolute Gasteiger partial charge is 0.369 e. The third-order valence-corrected chi connectivity index (χ3v) is 2.41. The molecule has 94 valence electrons. The Morgan fingerprint density at radius 3 is 2.67 bits per heavy atom. The molecule has 0 spiro atoms. The summed E-state index contributed by atoms with van der Waals surface area (Å²) in [6, 6.07) is 5.93. The molecule has 0 radical (unpaired) electrons. The van der Waals surface area contributed by atoms with E-state index in [2.05, 4.69) is 25.6 Å². The van der Waals surface area contributed by atoms with Gasteiger partial charge in [0.2, 0.25) is 0 Å². The first kappa shape index (κ1) is 12.3. The number of anilines is 2. The maximum absolute atomic E-state index is 4.39. The maximum atomic E-state index is 4.39. The number of hydrogen-bond donors (Lipinski definition) is 2.